The van der Waals surface area contributed by atoms with Crippen LogP contribution in [0.1, 0.15) is 17.5 Å². The van der Waals surface area contributed by atoms with Gasteiger partial charge in [0.05, 0.1) is 6.54 Å². The standard InChI is InChI=1S/C19H20FN2OS/c1-14-5-2-3-6-17(14)22-18-21(11-4-12-24-18)13-19(22,23)15-7-9-16(20)10-8-15/h2-3,5-10,23H,4,11-13H2,1H3/q+1/t19-/m0/s1. The Morgan fingerprint density at radius 1 is 1.17 bits per heavy atom. The summed E-state index contributed by atoms with van der Waals surface area (Å²) in [7, 11) is 0. The number of hydrogen-bond acceptors (Lipinski definition) is 3. The average molecular weight is 343 g/mol. The molecule has 0 aromatic heterocycles. The van der Waals surface area contributed by atoms with Crippen molar-refractivity contribution in [2.75, 3.05) is 23.7 Å². The van der Waals surface area contributed by atoms with Crippen LogP contribution in [0.2, 0.25) is 0 Å². The summed E-state index contributed by atoms with van der Waals surface area (Å²) in [5.74, 6) is 0.760. The molecule has 0 radical (unpaired) electrons. The number of aliphatic hydroxyl groups is 1. The number of halogens is 1. The number of rotatable bonds is 2. The molecule has 0 unspecified atom stereocenters. The normalized spacial score (nSPS) is 23.5. The van der Waals surface area contributed by atoms with Crippen molar-refractivity contribution in [2.45, 2.75) is 19.1 Å². The predicted octanol–water partition coefficient (Wildman–Crippen LogP) is 3.30. The molecular weight excluding hydrogens is 323 g/mol. The lowest BCUT2D eigenvalue weighted by Gasteiger charge is -2.29. The lowest BCUT2D eigenvalue weighted by atomic mass is 10.00. The first-order chi connectivity index (χ1) is 11.6. The maximum atomic E-state index is 13.4. The molecule has 4 rings (SSSR count). The van der Waals surface area contributed by atoms with Crippen molar-refractivity contribution in [1.29, 1.82) is 0 Å². The summed E-state index contributed by atoms with van der Waals surface area (Å²) in [6.45, 7) is 3.49. The monoisotopic (exact) mass is 343 g/mol. The van der Waals surface area contributed by atoms with Gasteiger partial charge in [0.1, 0.15) is 11.5 Å². The van der Waals surface area contributed by atoms with Gasteiger partial charge in [-0.25, -0.2) is 8.97 Å². The van der Waals surface area contributed by atoms with Crippen molar-refractivity contribution in [2.24, 2.45) is 0 Å². The first-order valence-electron chi connectivity index (χ1n) is 8.18. The van der Waals surface area contributed by atoms with Crippen LogP contribution in [0.4, 0.5) is 10.1 Å². The van der Waals surface area contributed by atoms with Gasteiger partial charge in [-0.2, -0.15) is 4.90 Å². The number of benzene rings is 2. The van der Waals surface area contributed by atoms with Crippen LogP contribution >= 0.6 is 11.8 Å². The van der Waals surface area contributed by atoms with E-state index >= 15 is 0 Å². The molecule has 1 N–H and O–H groups in total. The van der Waals surface area contributed by atoms with E-state index in [0.29, 0.717) is 6.54 Å². The highest BCUT2D eigenvalue weighted by atomic mass is 32.2. The summed E-state index contributed by atoms with van der Waals surface area (Å²) in [6, 6.07) is 14.3. The Morgan fingerprint density at radius 2 is 1.92 bits per heavy atom. The number of anilines is 1. The van der Waals surface area contributed by atoms with E-state index in [2.05, 4.69) is 17.6 Å². The number of thioether (sulfide) groups is 1. The summed E-state index contributed by atoms with van der Waals surface area (Å²) in [5, 5.41) is 12.7. The lowest BCUT2D eigenvalue weighted by molar-refractivity contribution is -0.532. The van der Waals surface area contributed by atoms with Crippen molar-refractivity contribution in [3.8, 4) is 0 Å². The quantitative estimate of drug-likeness (QED) is 0.848. The van der Waals surface area contributed by atoms with Crippen LogP contribution in [0.3, 0.4) is 0 Å². The molecule has 0 amide bonds. The van der Waals surface area contributed by atoms with Gasteiger partial charge in [0.2, 0.25) is 0 Å². The van der Waals surface area contributed by atoms with E-state index in [1.54, 1.807) is 23.9 Å². The Hall–Kier alpha value is -1.85. The van der Waals surface area contributed by atoms with Gasteiger partial charge in [-0.1, -0.05) is 18.2 Å². The zero-order chi connectivity index (χ0) is 16.7. The van der Waals surface area contributed by atoms with Crippen LogP contribution in [-0.2, 0) is 5.72 Å². The number of para-hydroxylation sites is 1. The molecule has 0 saturated heterocycles. The highest BCUT2D eigenvalue weighted by Crippen LogP contribution is 2.40. The molecule has 0 fully saturated rings. The fourth-order valence-corrected chi connectivity index (χ4v) is 4.68. The minimum absolute atomic E-state index is 0.289. The minimum Gasteiger partial charge on any atom is -0.346 e. The second-order valence-electron chi connectivity index (χ2n) is 6.35. The zero-order valence-electron chi connectivity index (χ0n) is 13.6. The average Bonchev–Trinajstić information content (AvgIpc) is 2.89. The molecule has 0 bridgehead atoms. The van der Waals surface area contributed by atoms with Crippen LogP contribution in [0, 0.1) is 12.7 Å². The van der Waals surface area contributed by atoms with Crippen LogP contribution in [0.25, 0.3) is 0 Å². The molecule has 5 heteroatoms. The van der Waals surface area contributed by atoms with Gasteiger partial charge in [0.15, 0.2) is 6.54 Å². The molecule has 0 spiro atoms. The van der Waals surface area contributed by atoms with E-state index in [4.69, 9.17) is 0 Å². The van der Waals surface area contributed by atoms with E-state index in [9.17, 15) is 9.50 Å². The van der Waals surface area contributed by atoms with Gasteiger partial charge in [-0.05, 0) is 61.0 Å². The maximum absolute atomic E-state index is 13.4. The molecule has 2 aromatic rings. The second-order valence-corrected chi connectivity index (χ2v) is 7.41. The molecular formula is C19H20FN2OS+. The van der Waals surface area contributed by atoms with Gasteiger partial charge < -0.3 is 5.11 Å². The third-order valence-corrected chi connectivity index (χ3v) is 5.90. The Balaban J connectivity index is 1.87. The number of nitrogens with zero attached hydrogens (tertiary/aromatic N) is 2. The van der Waals surface area contributed by atoms with E-state index < -0.39 is 5.72 Å². The third kappa shape index (κ3) is 2.43. The number of amidine groups is 1. The summed E-state index contributed by atoms with van der Waals surface area (Å²) in [4.78, 5) is 2.03. The molecule has 3 nitrogen and oxygen atoms in total. The fourth-order valence-electron chi connectivity index (χ4n) is 3.51. The van der Waals surface area contributed by atoms with E-state index in [1.165, 1.54) is 12.1 Å². The summed E-state index contributed by atoms with van der Waals surface area (Å²) in [6.07, 6.45) is 1.11. The molecule has 1 atom stereocenters. The van der Waals surface area contributed by atoms with Crippen molar-refractivity contribution >= 4 is 22.6 Å². The molecule has 2 aromatic carbocycles. The van der Waals surface area contributed by atoms with Gasteiger partial charge in [-0.3, -0.25) is 0 Å². The summed E-state index contributed by atoms with van der Waals surface area (Å²) >= 11 is 1.78. The molecule has 2 aliphatic rings. The number of hydrogen-bond donors (Lipinski definition) is 1. The highest BCUT2D eigenvalue weighted by Gasteiger charge is 2.55. The smallest absolute Gasteiger partial charge is 0.316 e. The minimum atomic E-state index is -1.19. The van der Waals surface area contributed by atoms with Crippen molar-refractivity contribution in [1.82, 2.24) is 0 Å². The van der Waals surface area contributed by atoms with E-state index in [-0.39, 0.29) is 5.82 Å². The summed E-state index contributed by atoms with van der Waals surface area (Å²) < 4.78 is 15.6. The van der Waals surface area contributed by atoms with Crippen molar-refractivity contribution < 1.29 is 14.1 Å². The first-order valence-corrected chi connectivity index (χ1v) is 9.17. The summed E-state index contributed by atoms with van der Waals surface area (Å²) in [5.41, 5.74) is 1.64. The molecule has 0 saturated carbocycles. The molecule has 0 aliphatic carbocycles. The highest BCUT2D eigenvalue weighted by molar-refractivity contribution is 8.14. The topological polar surface area (TPSA) is 26.5 Å². The van der Waals surface area contributed by atoms with Gasteiger partial charge in [0.25, 0.3) is 5.72 Å². The lowest BCUT2D eigenvalue weighted by Crippen LogP contribution is -2.47. The Bertz CT molecular complexity index is 805. The van der Waals surface area contributed by atoms with Crippen LogP contribution < -0.4 is 4.90 Å². The largest absolute Gasteiger partial charge is 0.346 e. The van der Waals surface area contributed by atoms with E-state index in [0.717, 1.165) is 40.7 Å². The second kappa shape index (κ2) is 5.90. The van der Waals surface area contributed by atoms with Crippen molar-refractivity contribution in [3.05, 3.63) is 65.5 Å². The van der Waals surface area contributed by atoms with Gasteiger partial charge in [-0.15, -0.1) is 0 Å². The molecule has 2 heterocycles. The Morgan fingerprint density at radius 3 is 2.67 bits per heavy atom. The van der Waals surface area contributed by atoms with Crippen LogP contribution in [-0.4, -0.2) is 33.7 Å². The van der Waals surface area contributed by atoms with Gasteiger partial charge in [0, 0.05) is 11.3 Å². The first kappa shape index (κ1) is 15.7. The maximum Gasteiger partial charge on any atom is 0.316 e. The fraction of sp³-hybridized carbons (Fsp3) is 0.316. The molecule has 24 heavy (non-hydrogen) atoms. The molecule has 124 valence electrons. The number of aryl methyl sites for hydroxylation is 1. The third-order valence-electron chi connectivity index (χ3n) is 4.71. The SMILES string of the molecule is Cc1ccccc1N1C2=[N+](CCCS2)C[C@]1(O)c1ccc(F)cc1. The zero-order valence-corrected chi connectivity index (χ0v) is 14.4. The predicted molar refractivity (Wildman–Crippen MR) is 96.0 cm³/mol. The van der Waals surface area contributed by atoms with Crippen LogP contribution in [0.15, 0.2) is 48.5 Å². The van der Waals surface area contributed by atoms with Gasteiger partial charge >= 0.3 is 5.17 Å². The Labute approximate surface area is 145 Å². The van der Waals surface area contributed by atoms with Crippen LogP contribution in [0.5, 0.6) is 0 Å². The van der Waals surface area contributed by atoms with E-state index in [1.807, 2.05) is 23.1 Å². The Kier molecular flexibility index (Phi) is 3.85. The van der Waals surface area contributed by atoms with Crippen molar-refractivity contribution in [3.63, 3.8) is 0 Å². The molecule has 2 aliphatic heterocycles.